The number of hydrogen-bond donors (Lipinski definition) is 2. The quantitative estimate of drug-likeness (QED) is 0.746. The lowest BCUT2D eigenvalue weighted by Gasteiger charge is -2.33. The molecule has 0 aromatic carbocycles. The second kappa shape index (κ2) is 5.14. The Morgan fingerprint density at radius 3 is 2.83 bits per heavy atom. The summed E-state index contributed by atoms with van der Waals surface area (Å²) >= 11 is 0. The highest BCUT2D eigenvalue weighted by Gasteiger charge is 2.24. The van der Waals surface area contributed by atoms with Crippen LogP contribution >= 0.6 is 0 Å². The van der Waals surface area contributed by atoms with Crippen LogP contribution in [0.25, 0.3) is 0 Å². The number of rotatable bonds is 2. The molecular formula is C12H16N4O2. The molecule has 1 aromatic rings. The van der Waals surface area contributed by atoms with Crippen molar-refractivity contribution in [2.24, 2.45) is 5.73 Å². The van der Waals surface area contributed by atoms with Gasteiger partial charge in [-0.2, -0.15) is 0 Å². The van der Waals surface area contributed by atoms with E-state index < -0.39 is 5.91 Å². The van der Waals surface area contributed by atoms with E-state index in [0.717, 1.165) is 13.1 Å². The molecule has 1 atom stereocenters. The predicted octanol–water partition coefficient (Wildman–Crippen LogP) is -0.386. The maximum Gasteiger partial charge on any atom is 0.267 e. The molecule has 0 saturated carbocycles. The minimum Gasteiger partial charge on any atom is -0.364 e. The molecule has 96 valence electrons. The van der Waals surface area contributed by atoms with Gasteiger partial charge in [0.1, 0.15) is 5.69 Å². The summed E-state index contributed by atoms with van der Waals surface area (Å²) in [6, 6.07) is 3.22. The first-order chi connectivity index (χ1) is 8.59. The fourth-order valence-electron chi connectivity index (χ4n) is 1.97. The van der Waals surface area contributed by atoms with Crippen LogP contribution in [0.3, 0.4) is 0 Å². The molecule has 1 aliphatic heterocycles. The summed E-state index contributed by atoms with van der Waals surface area (Å²) in [5.74, 6) is -0.656. The van der Waals surface area contributed by atoms with Crippen LogP contribution in [-0.2, 0) is 0 Å². The zero-order valence-corrected chi connectivity index (χ0v) is 10.2. The van der Waals surface area contributed by atoms with E-state index in [1.54, 1.807) is 11.0 Å². The zero-order valence-electron chi connectivity index (χ0n) is 10.2. The minimum atomic E-state index is -0.593. The molecule has 3 N–H and O–H groups in total. The van der Waals surface area contributed by atoms with Crippen LogP contribution in [0.15, 0.2) is 18.3 Å². The topological polar surface area (TPSA) is 88.3 Å². The van der Waals surface area contributed by atoms with E-state index >= 15 is 0 Å². The van der Waals surface area contributed by atoms with Gasteiger partial charge in [-0.1, -0.05) is 0 Å². The fraction of sp³-hybridized carbons (Fsp3) is 0.417. The van der Waals surface area contributed by atoms with Gasteiger partial charge in [-0.15, -0.1) is 0 Å². The largest absolute Gasteiger partial charge is 0.364 e. The molecule has 2 rings (SSSR count). The third-order valence-electron chi connectivity index (χ3n) is 3.03. The number of carbonyl (C=O) groups excluding carboxylic acids is 2. The van der Waals surface area contributed by atoms with Crippen molar-refractivity contribution < 1.29 is 9.59 Å². The molecule has 18 heavy (non-hydrogen) atoms. The standard InChI is InChI=1S/C12H16N4O2/c1-8-6-14-4-5-16(8)12(18)9-2-3-10(11(13)17)15-7-9/h2-3,7-8,14H,4-6H2,1H3,(H2,13,17)/t8-/m0/s1. The van der Waals surface area contributed by atoms with Crippen molar-refractivity contribution in [3.63, 3.8) is 0 Å². The van der Waals surface area contributed by atoms with Crippen LogP contribution in [0.5, 0.6) is 0 Å². The molecule has 1 saturated heterocycles. The van der Waals surface area contributed by atoms with Crippen LogP contribution in [0.1, 0.15) is 27.8 Å². The Labute approximate surface area is 105 Å². The van der Waals surface area contributed by atoms with Gasteiger partial charge in [-0.3, -0.25) is 14.6 Å². The normalized spacial score (nSPS) is 19.6. The number of primary amides is 1. The van der Waals surface area contributed by atoms with Crippen LogP contribution in [0.2, 0.25) is 0 Å². The van der Waals surface area contributed by atoms with Gasteiger partial charge in [-0.25, -0.2) is 0 Å². The highest BCUT2D eigenvalue weighted by atomic mass is 16.2. The van der Waals surface area contributed by atoms with E-state index in [1.165, 1.54) is 12.3 Å². The van der Waals surface area contributed by atoms with E-state index in [0.29, 0.717) is 12.1 Å². The molecule has 0 radical (unpaired) electrons. The summed E-state index contributed by atoms with van der Waals surface area (Å²) in [5.41, 5.74) is 5.75. The summed E-state index contributed by atoms with van der Waals surface area (Å²) in [4.78, 5) is 28.8. The van der Waals surface area contributed by atoms with Gasteiger partial charge in [0.15, 0.2) is 0 Å². The van der Waals surface area contributed by atoms with Crippen molar-refractivity contribution in [3.05, 3.63) is 29.6 Å². The van der Waals surface area contributed by atoms with Crippen molar-refractivity contribution in [2.45, 2.75) is 13.0 Å². The van der Waals surface area contributed by atoms with E-state index in [-0.39, 0.29) is 17.6 Å². The van der Waals surface area contributed by atoms with Crippen LogP contribution in [0, 0.1) is 0 Å². The lowest BCUT2D eigenvalue weighted by molar-refractivity contribution is 0.0655. The zero-order chi connectivity index (χ0) is 13.1. The number of nitrogens with two attached hydrogens (primary N) is 1. The Kier molecular flexibility index (Phi) is 3.57. The highest BCUT2D eigenvalue weighted by Crippen LogP contribution is 2.10. The SMILES string of the molecule is C[C@H]1CNCCN1C(=O)c1ccc(C(N)=O)nc1. The van der Waals surface area contributed by atoms with Crippen molar-refractivity contribution in [1.29, 1.82) is 0 Å². The summed E-state index contributed by atoms with van der Waals surface area (Å²) in [5, 5.41) is 3.22. The van der Waals surface area contributed by atoms with Crippen LogP contribution in [0.4, 0.5) is 0 Å². The maximum atomic E-state index is 12.2. The number of aromatic nitrogens is 1. The molecular weight excluding hydrogens is 232 g/mol. The number of nitrogens with one attached hydrogen (secondary N) is 1. The number of piperazine rings is 1. The van der Waals surface area contributed by atoms with Gasteiger partial charge < -0.3 is 16.0 Å². The second-order valence-electron chi connectivity index (χ2n) is 4.35. The van der Waals surface area contributed by atoms with E-state index in [1.807, 2.05) is 6.92 Å². The molecule has 0 unspecified atom stereocenters. The van der Waals surface area contributed by atoms with Gasteiger partial charge >= 0.3 is 0 Å². The molecule has 0 bridgehead atoms. The molecule has 1 fully saturated rings. The first-order valence-corrected chi connectivity index (χ1v) is 5.87. The Balaban J connectivity index is 2.15. The first kappa shape index (κ1) is 12.5. The summed E-state index contributed by atoms with van der Waals surface area (Å²) in [6.07, 6.45) is 1.40. The number of hydrogen-bond acceptors (Lipinski definition) is 4. The third kappa shape index (κ3) is 2.48. The van der Waals surface area contributed by atoms with Gasteiger partial charge in [-0.05, 0) is 19.1 Å². The third-order valence-corrected chi connectivity index (χ3v) is 3.03. The van der Waals surface area contributed by atoms with Crippen LogP contribution in [-0.4, -0.2) is 47.4 Å². The summed E-state index contributed by atoms with van der Waals surface area (Å²) < 4.78 is 0. The molecule has 2 heterocycles. The molecule has 1 aromatic heterocycles. The molecule has 0 spiro atoms. The smallest absolute Gasteiger partial charge is 0.267 e. The average molecular weight is 248 g/mol. The van der Waals surface area contributed by atoms with Crippen molar-refractivity contribution in [3.8, 4) is 0 Å². The number of carbonyl (C=O) groups is 2. The number of nitrogens with zero attached hydrogens (tertiary/aromatic N) is 2. The number of pyridine rings is 1. The van der Waals surface area contributed by atoms with Gasteiger partial charge in [0.2, 0.25) is 0 Å². The Hall–Kier alpha value is -1.95. The lowest BCUT2D eigenvalue weighted by atomic mass is 10.1. The number of amides is 2. The van der Waals surface area contributed by atoms with Crippen molar-refractivity contribution in [1.82, 2.24) is 15.2 Å². The summed E-state index contributed by atoms with van der Waals surface area (Å²) in [7, 11) is 0. The summed E-state index contributed by atoms with van der Waals surface area (Å²) in [6.45, 7) is 4.26. The van der Waals surface area contributed by atoms with E-state index in [2.05, 4.69) is 10.3 Å². The minimum absolute atomic E-state index is 0.0625. The molecule has 6 heteroatoms. The Morgan fingerprint density at radius 1 is 1.50 bits per heavy atom. The van der Waals surface area contributed by atoms with Gasteiger partial charge in [0.25, 0.3) is 11.8 Å². The molecule has 2 amide bonds. The van der Waals surface area contributed by atoms with E-state index in [9.17, 15) is 9.59 Å². The maximum absolute atomic E-state index is 12.2. The fourth-order valence-corrected chi connectivity index (χ4v) is 1.97. The lowest BCUT2D eigenvalue weighted by Crippen LogP contribution is -2.52. The second-order valence-corrected chi connectivity index (χ2v) is 4.35. The van der Waals surface area contributed by atoms with Gasteiger partial charge in [0.05, 0.1) is 5.56 Å². The molecule has 1 aliphatic rings. The van der Waals surface area contributed by atoms with Crippen molar-refractivity contribution in [2.75, 3.05) is 19.6 Å². The Morgan fingerprint density at radius 2 is 2.28 bits per heavy atom. The van der Waals surface area contributed by atoms with Gasteiger partial charge in [0, 0.05) is 31.9 Å². The van der Waals surface area contributed by atoms with E-state index in [4.69, 9.17) is 5.73 Å². The van der Waals surface area contributed by atoms with Crippen molar-refractivity contribution >= 4 is 11.8 Å². The Bertz CT molecular complexity index is 458. The average Bonchev–Trinajstić information content (AvgIpc) is 2.38. The predicted molar refractivity (Wildman–Crippen MR) is 66.1 cm³/mol. The monoisotopic (exact) mass is 248 g/mol. The molecule has 0 aliphatic carbocycles. The molecule has 6 nitrogen and oxygen atoms in total. The van der Waals surface area contributed by atoms with Crippen LogP contribution < -0.4 is 11.1 Å². The first-order valence-electron chi connectivity index (χ1n) is 5.87. The highest BCUT2D eigenvalue weighted by molar-refractivity contribution is 5.96.